The number of nitrogens with zero attached hydrogens (tertiary/aromatic N) is 1. The Balaban J connectivity index is 0. The monoisotopic (exact) mass is 343 g/mol. The second kappa shape index (κ2) is 13.0. The van der Waals surface area contributed by atoms with Crippen molar-refractivity contribution in [2.45, 2.75) is 39.7 Å². The van der Waals surface area contributed by atoms with Gasteiger partial charge in [-0.2, -0.15) is 0 Å². The number of unbranched alkanes of at least 4 members (excludes halogenated alkanes) is 1. The maximum Gasteiger partial charge on any atom is 0.191 e. The predicted molar refractivity (Wildman–Crippen MR) is 80.8 cm³/mol. The van der Waals surface area contributed by atoms with Crippen LogP contribution in [0.2, 0.25) is 0 Å². The van der Waals surface area contributed by atoms with Gasteiger partial charge in [0.15, 0.2) is 5.96 Å². The van der Waals surface area contributed by atoms with Crippen molar-refractivity contribution in [3.63, 3.8) is 0 Å². The highest BCUT2D eigenvalue weighted by molar-refractivity contribution is 14.0. The molecule has 5 heteroatoms. The van der Waals surface area contributed by atoms with Crippen molar-refractivity contribution in [2.75, 3.05) is 26.8 Å². The normalized spacial score (nSPS) is 11.2. The van der Waals surface area contributed by atoms with Crippen molar-refractivity contribution in [1.82, 2.24) is 10.6 Å². The fourth-order valence-electron chi connectivity index (χ4n) is 1.15. The molecule has 0 atom stereocenters. The Bertz CT molecular complexity index is 175. The number of ether oxygens (including phenoxy) is 1. The molecule has 0 saturated carbocycles. The minimum Gasteiger partial charge on any atom is -0.382 e. The smallest absolute Gasteiger partial charge is 0.191 e. The minimum atomic E-state index is 0. The molecule has 0 aromatic carbocycles. The largest absolute Gasteiger partial charge is 0.382 e. The van der Waals surface area contributed by atoms with E-state index in [9.17, 15) is 0 Å². The van der Waals surface area contributed by atoms with Crippen LogP contribution in [0.4, 0.5) is 0 Å². The zero-order valence-electron chi connectivity index (χ0n) is 10.9. The third-order valence-corrected chi connectivity index (χ3v) is 1.86. The molecule has 2 N–H and O–H groups in total. The van der Waals surface area contributed by atoms with Crippen LogP contribution in [0, 0.1) is 0 Å². The Labute approximate surface area is 117 Å². The van der Waals surface area contributed by atoms with Crippen LogP contribution in [0.3, 0.4) is 0 Å². The van der Waals surface area contributed by atoms with Gasteiger partial charge in [0.1, 0.15) is 0 Å². The van der Waals surface area contributed by atoms with Gasteiger partial charge in [-0.1, -0.05) is 0 Å². The Kier molecular flexibility index (Phi) is 14.9. The molecule has 0 bridgehead atoms. The van der Waals surface area contributed by atoms with Crippen molar-refractivity contribution in [1.29, 1.82) is 0 Å². The first-order valence-corrected chi connectivity index (χ1v) is 5.75. The van der Waals surface area contributed by atoms with Gasteiger partial charge in [0.2, 0.25) is 0 Å². The number of hydrogen-bond donors (Lipinski definition) is 2. The summed E-state index contributed by atoms with van der Waals surface area (Å²) in [7, 11) is 1.79. The molecular weight excluding hydrogens is 317 g/mol. The van der Waals surface area contributed by atoms with E-state index in [1.54, 1.807) is 7.05 Å². The van der Waals surface area contributed by atoms with E-state index in [1.807, 2.05) is 6.92 Å². The predicted octanol–water partition coefficient (Wildman–Crippen LogP) is 1.99. The lowest BCUT2D eigenvalue weighted by atomic mass is 10.3. The summed E-state index contributed by atoms with van der Waals surface area (Å²) in [5, 5.41) is 6.50. The standard InChI is InChI=1S/C11H25N3O.HI/c1-5-15-9-7-6-8-13-11(12-4)14-10(2)3;/h10H,5-9H2,1-4H3,(H2,12,13,14);1H. The first-order chi connectivity index (χ1) is 7.20. The van der Waals surface area contributed by atoms with Crippen LogP contribution < -0.4 is 10.6 Å². The highest BCUT2D eigenvalue weighted by Gasteiger charge is 1.98. The first-order valence-electron chi connectivity index (χ1n) is 5.75. The summed E-state index contributed by atoms with van der Waals surface area (Å²) in [6.45, 7) is 8.83. The maximum atomic E-state index is 5.26. The second-order valence-corrected chi connectivity index (χ2v) is 3.70. The fraction of sp³-hybridized carbons (Fsp3) is 0.909. The summed E-state index contributed by atoms with van der Waals surface area (Å²) in [5.41, 5.74) is 0. The second-order valence-electron chi connectivity index (χ2n) is 3.70. The number of guanidine groups is 1. The average Bonchev–Trinajstić information content (AvgIpc) is 2.20. The molecule has 16 heavy (non-hydrogen) atoms. The molecule has 0 heterocycles. The van der Waals surface area contributed by atoms with Crippen LogP contribution in [-0.4, -0.2) is 38.8 Å². The van der Waals surface area contributed by atoms with Gasteiger partial charge in [0, 0.05) is 32.8 Å². The fourth-order valence-corrected chi connectivity index (χ4v) is 1.15. The van der Waals surface area contributed by atoms with Gasteiger partial charge in [-0.15, -0.1) is 24.0 Å². The summed E-state index contributed by atoms with van der Waals surface area (Å²) >= 11 is 0. The lowest BCUT2D eigenvalue weighted by Crippen LogP contribution is -2.41. The third kappa shape index (κ3) is 12.0. The van der Waals surface area contributed by atoms with Crippen LogP contribution in [0.25, 0.3) is 0 Å². The van der Waals surface area contributed by atoms with Crippen molar-refractivity contribution >= 4 is 29.9 Å². The van der Waals surface area contributed by atoms with Crippen molar-refractivity contribution in [2.24, 2.45) is 4.99 Å². The van der Waals surface area contributed by atoms with Gasteiger partial charge in [0.05, 0.1) is 0 Å². The number of aliphatic imine (C=N–C) groups is 1. The lowest BCUT2D eigenvalue weighted by Gasteiger charge is -2.14. The molecule has 0 aromatic rings. The summed E-state index contributed by atoms with van der Waals surface area (Å²) in [6.07, 6.45) is 2.21. The highest BCUT2D eigenvalue weighted by Crippen LogP contribution is 1.88. The average molecular weight is 343 g/mol. The molecule has 0 aliphatic heterocycles. The van der Waals surface area contributed by atoms with E-state index in [4.69, 9.17) is 4.74 Å². The van der Waals surface area contributed by atoms with Gasteiger partial charge in [-0.25, -0.2) is 0 Å². The molecule has 0 fully saturated rings. The number of halogens is 1. The van der Waals surface area contributed by atoms with Gasteiger partial charge in [0.25, 0.3) is 0 Å². The maximum absolute atomic E-state index is 5.26. The van der Waals surface area contributed by atoms with Crippen molar-refractivity contribution in [3.05, 3.63) is 0 Å². The van der Waals surface area contributed by atoms with E-state index in [0.29, 0.717) is 6.04 Å². The number of hydrogen-bond acceptors (Lipinski definition) is 2. The van der Waals surface area contributed by atoms with Crippen LogP contribution in [0.15, 0.2) is 4.99 Å². The van der Waals surface area contributed by atoms with Crippen LogP contribution in [0.1, 0.15) is 33.6 Å². The van der Waals surface area contributed by atoms with E-state index in [-0.39, 0.29) is 24.0 Å². The molecule has 98 valence electrons. The SMILES string of the molecule is CCOCCCCNC(=NC)NC(C)C.I. The van der Waals surface area contributed by atoms with Crippen LogP contribution in [0.5, 0.6) is 0 Å². The number of rotatable bonds is 7. The van der Waals surface area contributed by atoms with Crippen LogP contribution in [-0.2, 0) is 4.74 Å². The molecule has 0 rings (SSSR count). The first kappa shape index (κ1) is 18.3. The van der Waals surface area contributed by atoms with E-state index < -0.39 is 0 Å². The van der Waals surface area contributed by atoms with Gasteiger partial charge in [-0.05, 0) is 33.6 Å². The Morgan fingerprint density at radius 3 is 2.50 bits per heavy atom. The van der Waals surface area contributed by atoms with Crippen molar-refractivity contribution in [3.8, 4) is 0 Å². The molecule has 0 saturated heterocycles. The quantitative estimate of drug-likeness (QED) is 0.322. The van der Waals surface area contributed by atoms with Gasteiger partial charge in [-0.3, -0.25) is 4.99 Å². The Morgan fingerprint density at radius 1 is 1.31 bits per heavy atom. The topological polar surface area (TPSA) is 45.6 Å². The third-order valence-electron chi connectivity index (χ3n) is 1.86. The molecule has 0 spiro atoms. The molecule has 0 amide bonds. The molecule has 4 nitrogen and oxygen atoms in total. The Morgan fingerprint density at radius 2 is 2.00 bits per heavy atom. The molecule has 0 aliphatic carbocycles. The Hall–Kier alpha value is -0.0400. The molecular formula is C11H26IN3O. The summed E-state index contributed by atoms with van der Waals surface area (Å²) in [5.74, 6) is 0.876. The molecule has 0 radical (unpaired) electrons. The summed E-state index contributed by atoms with van der Waals surface area (Å²) < 4.78 is 5.26. The van der Waals surface area contributed by atoms with Crippen LogP contribution >= 0.6 is 24.0 Å². The lowest BCUT2D eigenvalue weighted by molar-refractivity contribution is 0.143. The van der Waals surface area contributed by atoms with E-state index >= 15 is 0 Å². The molecule has 0 aliphatic rings. The highest BCUT2D eigenvalue weighted by atomic mass is 127. The number of nitrogens with one attached hydrogen (secondary N) is 2. The minimum absolute atomic E-state index is 0. The summed E-state index contributed by atoms with van der Waals surface area (Å²) in [4.78, 5) is 4.13. The van der Waals surface area contributed by atoms with E-state index in [1.165, 1.54) is 0 Å². The molecule has 0 aromatic heterocycles. The zero-order valence-corrected chi connectivity index (χ0v) is 13.2. The van der Waals surface area contributed by atoms with Gasteiger partial charge < -0.3 is 15.4 Å². The van der Waals surface area contributed by atoms with E-state index in [0.717, 1.165) is 38.6 Å². The molecule has 0 unspecified atom stereocenters. The zero-order chi connectivity index (χ0) is 11.5. The van der Waals surface area contributed by atoms with E-state index in [2.05, 4.69) is 29.5 Å². The van der Waals surface area contributed by atoms with Gasteiger partial charge >= 0.3 is 0 Å². The summed E-state index contributed by atoms with van der Waals surface area (Å²) in [6, 6.07) is 0.416. The van der Waals surface area contributed by atoms with Crippen molar-refractivity contribution < 1.29 is 4.74 Å².